The van der Waals surface area contributed by atoms with Crippen LogP contribution in [0.4, 0.5) is 5.69 Å². The van der Waals surface area contributed by atoms with Crippen LogP contribution in [0.2, 0.25) is 0 Å². The first-order valence-electron chi connectivity index (χ1n) is 4.45. The van der Waals surface area contributed by atoms with Gasteiger partial charge in [0.25, 0.3) is 0 Å². The molecule has 0 saturated heterocycles. The fraction of sp³-hybridized carbons (Fsp3) is 0.400. The van der Waals surface area contributed by atoms with E-state index in [0.29, 0.717) is 5.75 Å². The second-order valence-electron chi connectivity index (χ2n) is 3.17. The van der Waals surface area contributed by atoms with Crippen molar-refractivity contribution in [1.82, 2.24) is 0 Å². The summed E-state index contributed by atoms with van der Waals surface area (Å²) in [4.78, 5) is 0. The van der Waals surface area contributed by atoms with Crippen molar-refractivity contribution < 1.29 is 9.84 Å². The molecule has 0 radical (unpaired) electrons. The molecule has 0 fully saturated rings. The number of hydrogen-bond acceptors (Lipinski definition) is 3. The number of fused-ring (bicyclic) bond motifs is 1. The van der Waals surface area contributed by atoms with Crippen molar-refractivity contribution in [2.75, 3.05) is 19.0 Å². The monoisotopic (exact) mass is 179 g/mol. The molecule has 1 aliphatic heterocycles. The standard InChI is InChI=1S/C10H13NO2/c1-13-9-5-4-8(12)7-3-2-6-11-10(7)9/h4-5,11-12H,2-3,6H2,1H3. The van der Waals surface area contributed by atoms with Gasteiger partial charge in [0.05, 0.1) is 12.8 Å². The van der Waals surface area contributed by atoms with E-state index in [9.17, 15) is 5.11 Å². The molecule has 2 rings (SSSR count). The number of hydrogen-bond donors (Lipinski definition) is 2. The Morgan fingerprint density at radius 1 is 1.46 bits per heavy atom. The number of aromatic hydroxyl groups is 1. The van der Waals surface area contributed by atoms with Gasteiger partial charge < -0.3 is 15.2 Å². The van der Waals surface area contributed by atoms with Crippen LogP contribution in [0, 0.1) is 0 Å². The number of rotatable bonds is 1. The lowest BCUT2D eigenvalue weighted by Gasteiger charge is -2.21. The highest BCUT2D eigenvalue weighted by atomic mass is 16.5. The Balaban J connectivity index is 2.52. The molecule has 0 unspecified atom stereocenters. The summed E-state index contributed by atoms with van der Waals surface area (Å²) in [5.74, 6) is 1.18. The predicted octanol–water partition coefficient (Wildman–Crippen LogP) is 1.76. The van der Waals surface area contributed by atoms with Crippen LogP contribution in [0.15, 0.2) is 12.1 Å². The number of ether oxygens (including phenoxy) is 1. The number of benzene rings is 1. The smallest absolute Gasteiger partial charge is 0.142 e. The van der Waals surface area contributed by atoms with Gasteiger partial charge in [0.2, 0.25) is 0 Å². The summed E-state index contributed by atoms with van der Waals surface area (Å²) in [7, 11) is 1.64. The van der Waals surface area contributed by atoms with Gasteiger partial charge in [-0.05, 0) is 25.0 Å². The van der Waals surface area contributed by atoms with Gasteiger partial charge in [0.1, 0.15) is 11.5 Å². The van der Waals surface area contributed by atoms with Crippen LogP contribution in [-0.2, 0) is 6.42 Å². The minimum absolute atomic E-state index is 0.364. The summed E-state index contributed by atoms with van der Waals surface area (Å²) >= 11 is 0. The molecule has 70 valence electrons. The minimum atomic E-state index is 0.364. The lowest BCUT2D eigenvalue weighted by molar-refractivity contribution is 0.411. The first-order chi connectivity index (χ1) is 6.33. The average Bonchev–Trinajstić information content (AvgIpc) is 2.19. The van der Waals surface area contributed by atoms with Gasteiger partial charge in [-0.15, -0.1) is 0 Å². The Hall–Kier alpha value is -1.38. The van der Waals surface area contributed by atoms with Crippen molar-refractivity contribution >= 4 is 5.69 Å². The molecule has 0 aliphatic carbocycles. The molecule has 0 bridgehead atoms. The largest absolute Gasteiger partial charge is 0.508 e. The van der Waals surface area contributed by atoms with Crippen molar-refractivity contribution in [2.45, 2.75) is 12.8 Å². The maximum atomic E-state index is 9.58. The summed E-state index contributed by atoms with van der Waals surface area (Å²) in [5, 5.41) is 12.8. The molecular formula is C10H13NO2. The fourth-order valence-corrected chi connectivity index (χ4v) is 1.71. The molecule has 0 spiro atoms. The summed E-state index contributed by atoms with van der Waals surface area (Å²) < 4.78 is 5.19. The van der Waals surface area contributed by atoms with E-state index in [1.54, 1.807) is 19.2 Å². The van der Waals surface area contributed by atoms with E-state index < -0.39 is 0 Å². The van der Waals surface area contributed by atoms with Crippen molar-refractivity contribution in [3.05, 3.63) is 17.7 Å². The molecule has 1 aromatic carbocycles. The Labute approximate surface area is 77.3 Å². The number of phenolic OH excluding ortho intramolecular Hbond substituents is 1. The third-order valence-electron chi connectivity index (χ3n) is 2.38. The second-order valence-corrected chi connectivity index (χ2v) is 3.17. The number of nitrogens with one attached hydrogen (secondary N) is 1. The van der Waals surface area contributed by atoms with Gasteiger partial charge in [-0.2, -0.15) is 0 Å². The molecule has 1 aromatic rings. The van der Waals surface area contributed by atoms with E-state index in [-0.39, 0.29) is 0 Å². The van der Waals surface area contributed by atoms with Crippen LogP contribution in [0.3, 0.4) is 0 Å². The molecule has 2 N–H and O–H groups in total. The van der Waals surface area contributed by atoms with Crippen LogP contribution < -0.4 is 10.1 Å². The predicted molar refractivity (Wildman–Crippen MR) is 51.5 cm³/mol. The van der Waals surface area contributed by atoms with Crippen LogP contribution >= 0.6 is 0 Å². The highest BCUT2D eigenvalue weighted by Crippen LogP contribution is 2.37. The van der Waals surface area contributed by atoms with Crippen LogP contribution in [-0.4, -0.2) is 18.8 Å². The zero-order chi connectivity index (χ0) is 9.26. The van der Waals surface area contributed by atoms with Crippen molar-refractivity contribution in [3.63, 3.8) is 0 Å². The van der Waals surface area contributed by atoms with Crippen molar-refractivity contribution in [3.8, 4) is 11.5 Å². The van der Waals surface area contributed by atoms with E-state index in [4.69, 9.17) is 4.74 Å². The first kappa shape index (κ1) is 8.23. The molecule has 3 nitrogen and oxygen atoms in total. The topological polar surface area (TPSA) is 41.5 Å². The Bertz CT molecular complexity index is 323. The van der Waals surface area contributed by atoms with Gasteiger partial charge in [-0.3, -0.25) is 0 Å². The van der Waals surface area contributed by atoms with Gasteiger partial charge in [0.15, 0.2) is 0 Å². The van der Waals surface area contributed by atoms with Crippen molar-refractivity contribution in [2.24, 2.45) is 0 Å². The van der Waals surface area contributed by atoms with E-state index >= 15 is 0 Å². The number of anilines is 1. The van der Waals surface area contributed by atoms with Crippen LogP contribution in [0.1, 0.15) is 12.0 Å². The highest BCUT2D eigenvalue weighted by Gasteiger charge is 2.16. The molecular weight excluding hydrogens is 166 g/mol. The van der Waals surface area contributed by atoms with E-state index in [0.717, 1.165) is 36.4 Å². The second kappa shape index (κ2) is 3.17. The highest BCUT2D eigenvalue weighted by molar-refractivity contribution is 5.67. The van der Waals surface area contributed by atoms with Gasteiger partial charge in [0, 0.05) is 12.1 Å². The molecule has 1 heterocycles. The summed E-state index contributed by atoms with van der Waals surface area (Å²) in [6, 6.07) is 3.47. The molecule has 13 heavy (non-hydrogen) atoms. The molecule has 0 amide bonds. The maximum absolute atomic E-state index is 9.58. The van der Waals surface area contributed by atoms with Crippen LogP contribution in [0.25, 0.3) is 0 Å². The zero-order valence-electron chi connectivity index (χ0n) is 7.63. The van der Waals surface area contributed by atoms with E-state index in [1.807, 2.05) is 0 Å². The summed E-state index contributed by atoms with van der Waals surface area (Å²) in [6.07, 6.45) is 1.99. The lowest BCUT2D eigenvalue weighted by Crippen LogP contribution is -2.12. The molecule has 0 aromatic heterocycles. The molecule has 3 heteroatoms. The molecule has 0 saturated carbocycles. The van der Waals surface area contributed by atoms with Gasteiger partial charge >= 0.3 is 0 Å². The Kier molecular flexibility index (Phi) is 2.00. The maximum Gasteiger partial charge on any atom is 0.142 e. The number of methoxy groups -OCH3 is 1. The third-order valence-corrected chi connectivity index (χ3v) is 2.38. The average molecular weight is 179 g/mol. The van der Waals surface area contributed by atoms with Gasteiger partial charge in [-0.25, -0.2) is 0 Å². The summed E-state index contributed by atoms with van der Waals surface area (Å²) in [5.41, 5.74) is 1.93. The number of phenols is 1. The first-order valence-corrected chi connectivity index (χ1v) is 4.45. The van der Waals surface area contributed by atoms with Crippen molar-refractivity contribution in [1.29, 1.82) is 0 Å². The van der Waals surface area contributed by atoms with Gasteiger partial charge in [-0.1, -0.05) is 0 Å². The normalized spacial score (nSPS) is 14.5. The third kappa shape index (κ3) is 1.30. The molecule has 0 atom stereocenters. The van der Waals surface area contributed by atoms with E-state index in [2.05, 4.69) is 5.32 Å². The summed E-state index contributed by atoms with van der Waals surface area (Å²) in [6.45, 7) is 0.951. The fourth-order valence-electron chi connectivity index (χ4n) is 1.71. The van der Waals surface area contributed by atoms with Crippen LogP contribution in [0.5, 0.6) is 11.5 Å². The van der Waals surface area contributed by atoms with E-state index in [1.165, 1.54) is 0 Å². The zero-order valence-corrected chi connectivity index (χ0v) is 7.63. The lowest BCUT2D eigenvalue weighted by atomic mass is 10.0. The quantitative estimate of drug-likeness (QED) is 0.690. The molecule has 1 aliphatic rings. The Morgan fingerprint density at radius 3 is 3.08 bits per heavy atom. The Morgan fingerprint density at radius 2 is 2.31 bits per heavy atom. The minimum Gasteiger partial charge on any atom is -0.508 e. The SMILES string of the molecule is COc1ccc(O)c2c1NCCC2.